The Morgan fingerprint density at radius 2 is 2.04 bits per heavy atom. The van der Waals surface area contributed by atoms with Crippen LogP contribution in [0, 0.1) is 5.92 Å². The molecule has 1 saturated heterocycles. The average molecular weight is 378 g/mol. The van der Waals surface area contributed by atoms with Crippen LogP contribution in [-0.4, -0.2) is 40.6 Å². The molecular weight excluding hydrogens is 350 g/mol. The van der Waals surface area contributed by atoms with Crippen LogP contribution >= 0.6 is 11.3 Å². The van der Waals surface area contributed by atoms with Crippen LogP contribution in [0.1, 0.15) is 51.5 Å². The van der Waals surface area contributed by atoms with Gasteiger partial charge in [-0.05, 0) is 25.3 Å². The van der Waals surface area contributed by atoms with E-state index in [9.17, 15) is 9.59 Å². The van der Waals surface area contributed by atoms with Crippen LogP contribution in [0.15, 0.2) is 12.2 Å². The van der Waals surface area contributed by atoms with Crippen molar-refractivity contribution in [2.75, 3.05) is 11.9 Å². The molecule has 7 nitrogen and oxygen atoms in total. The molecule has 0 bridgehead atoms. The van der Waals surface area contributed by atoms with Crippen molar-refractivity contribution in [3.8, 4) is 0 Å². The smallest absolute Gasteiger partial charge is 0.249 e. The summed E-state index contributed by atoms with van der Waals surface area (Å²) in [5, 5.41) is 18.4. The zero-order valence-electron chi connectivity index (χ0n) is 15.5. The van der Waals surface area contributed by atoms with E-state index in [2.05, 4.69) is 46.9 Å². The number of carbonyl (C=O) groups excluding carboxylic acids is 2. The maximum absolute atomic E-state index is 12.2. The fraction of sp³-hybridized carbons (Fsp3) is 0.667. The first kappa shape index (κ1) is 19.0. The third-order valence-corrected chi connectivity index (χ3v) is 5.79. The van der Waals surface area contributed by atoms with Crippen molar-refractivity contribution in [1.29, 1.82) is 0 Å². The SMILES string of the molecule is CC(C)(C)c1nnc(NC(=O)/C=C/[C@H](CC2CC2)NC(=O)[C@@H]2CCN2)s1. The number of rotatable bonds is 7. The minimum Gasteiger partial charge on any atom is -0.349 e. The van der Waals surface area contributed by atoms with Crippen molar-refractivity contribution in [1.82, 2.24) is 20.8 Å². The molecule has 2 atom stereocenters. The molecule has 3 rings (SSSR count). The van der Waals surface area contributed by atoms with Crippen LogP contribution < -0.4 is 16.0 Å². The van der Waals surface area contributed by atoms with E-state index >= 15 is 0 Å². The quantitative estimate of drug-likeness (QED) is 0.632. The lowest BCUT2D eigenvalue weighted by molar-refractivity contribution is -0.125. The molecule has 0 aromatic carbocycles. The summed E-state index contributed by atoms with van der Waals surface area (Å²) in [5.41, 5.74) is -0.0916. The van der Waals surface area contributed by atoms with E-state index in [0.29, 0.717) is 11.0 Å². The minimum absolute atomic E-state index is 0.0194. The van der Waals surface area contributed by atoms with E-state index in [1.54, 1.807) is 6.08 Å². The van der Waals surface area contributed by atoms with Crippen LogP contribution in [0.4, 0.5) is 5.13 Å². The molecule has 1 aromatic rings. The third kappa shape index (κ3) is 5.35. The average Bonchev–Trinajstić information content (AvgIpc) is 3.17. The lowest BCUT2D eigenvalue weighted by Crippen LogP contribution is -2.54. The van der Waals surface area contributed by atoms with Crippen LogP contribution in [0.3, 0.4) is 0 Å². The molecule has 26 heavy (non-hydrogen) atoms. The third-order valence-electron chi connectivity index (χ3n) is 4.53. The second-order valence-electron chi connectivity index (χ2n) is 8.10. The van der Waals surface area contributed by atoms with Crippen LogP contribution in [0.2, 0.25) is 0 Å². The van der Waals surface area contributed by atoms with Crippen molar-refractivity contribution in [2.45, 2.75) is 64.0 Å². The second kappa shape index (κ2) is 7.84. The molecule has 2 aliphatic rings. The summed E-state index contributed by atoms with van der Waals surface area (Å²) in [5.74, 6) is 0.421. The maximum Gasteiger partial charge on any atom is 0.249 e. The monoisotopic (exact) mass is 377 g/mol. The number of carbonyl (C=O) groups is 2. The highest BCUT2D eigenvalue weighted by Crippen LogP contribution is 2.34. The van der Waals surface area contributed by atoms with Gasteiger partial charge in [0.2, 0.25) is 16.9 Å². The molecule has 1 aromatic heterocycles. The highest BCUT2D eigenvalue weighted by Gasteiger charge is 2.29. The van der Waals surface area contributed by atoms with Gasteiger partial charge in [0.15, 0.2) is 0 Å². The number of amides is 2. The Bertz CT molecular complexity index is 686. The van der Waals surface area contributed by atoms with E-state index in [4.69, 9.17) is 0 Å². The predicted molar refractivity (Wildman–Crippen MR) is 102 cm³/mol. The van der Waals surface area contributed by atoms with E-state index < -0.39 is 0 Å². The molecule has 2 heterocycles. The fourth-order valence-corrected chi connectivity index (χ4v) is 3.43. The molecule has 2 fully saturated rings. The van der Waals surface area contributed by atoms with Gasteiger partial charge in [-0.2, -0.15) is 0 Å². The van der Waals surface area contributed by atoms with Crippen molar-refractivity contribution in [3.05, 3.63) is 17.2 Å². The fourth-order valence-electron chi connectivity index (χ4n) is 2.62. The topological polar surface area (TPSA) is 96.0 Å². The Morgan fingerprint density at radius 1 is 1.31 bits per heavy atom. The van der Waals surface area contributed by atoms with Crippen LogP contribution in [-0.2, 0) is 15.0 Å². The largest absolute Gasteiger partial charge is 0.349 e. The van der Waals surface area contributed by atoms with Crippen molar-refractivity contribution in [3.63, 3.8) is 0 Å². The molecule has 0 spiro atoms. The molecular formula is C18H27N5O2S. The highest BCUT2D eigenvalue weighted by molar-refractivity contribution is 7.15. The summed E-state index contributed by atoms with van der Waals surface area (Å²) in [6.45, 7) is 7.06. The Kier molecular flexibility index (Phi) is 5.72. The Morgan fingerprint density at radius 3 is 2.58 bits per heavy atom. The summed E-state index contributed by atoms with van der Waals surface area (Å²) in [6, 6.07) is -0.196. The molecule has 1 saturated carbocycles. The number of nitrogens with one attached hydrogen (secondary N) is 3. The standard InChI is InChI=1S/C18H27N5O2S/c1-18(2,3)16-22-23-17(26-16)21-14(24)7-6-12(10-11-4-5-11)20-15(25)13-8-9-19-13/h6-7,11-13,19H,4-5,8-10H2,1-3H3,(H,20,25)(H,21,23,24)/b7-6+/t12-,13+/m1/s1. The summed E-state index contributed by atoms with van der Waals surface area (Å²) in [6.07, 6.45) is 7.44. The van der Waals surface area contributed by atoms with E-state index in [1.807, 2.05) is 0 Å². The first-order valence-corrected chi connectivity index (χ1v) is 10.00. The van der Waals surface area contributed by atoms with Gasteiger partial charge in [-0.15, -0.1) is 10.2 Å². The van der Waals surface area contributed by atoms with E-state index in [1.165, 1.54) is 30.3 Å². The van der Waals surface area contributed by atoms with Crippen molar-refractivity contribution in [2.24, 2.45) is 5.92 Å². The van der Waals surface area contributed by atoms with Gasteiger partial charge in [-0.3, -0.25) is 14.9 Å². The summed E-state index contributed by atoms with van der Waals surface area (Å²) in [7, 11) is 0. The predicted octanol–water partition coefficient (Wildman–Crippen LogP) is 1.98. The van der Waals surface area contributed by atoms with Crippen LogP contribution in [0.5, 0.6) is 0 Å². The highest BCUT2D eigenvalue weighted by atomic mass is 32.1. The number of aromatic nitrogens is 2. The van der Waals surface area contributed by atoms with E-state index in [-0.39, 0.29) is 29.3 Å². The zero-order chi connectivity index (χ0) is 18.7. The van der Waals surface area contributed by atoms with Gasteiger partial charge in [0, 0.05) is 17.5 Å². The molecule has 142 valence electrons. The van der Waals surface area contributed by atoms with Crippen molar-refractivity contribution >= 4 is 28.3 Å². The van der Waals surface area contributed by atoms with Gasteiger partial charge < -0.3 is 10.6 Å². The second-order valence-corrected chi connectivity index (χ2v) is 9.08. The molecule has 0 radical (unpaired) electrons. The summed E-state index contributed by atoms with van der Waals surface area (Å²) in [4.78, 5) is 24.3. The van der Waals surface area contributed by atoms with Gasteiger partial charge in [0.25, 0.3) is 0 Å². The molecule has 0 unspecified atom stereocenters. The Labute approximate surface area is 158 Å². The lowest BCUT2D eigenvalue weighted by atomic mass is 9.98. The molecule has 1 aliphatic heterocycles. The Hall–Kier alpha value is -1.80. The van der Waals surface area contributed by atoms with Gasteiger partial charge >= 0.3 is 0 Å². The van der Waals surface area contributed by atoms with Crippen LogP contribution in [0.25, 0.3) is 0 Å². The first-order valence-electron chi connectivity index (χ1n) is 9.18. The number of hydrogen-bond acceptors (Lipinski definition) is 6. The maximum atomic E-state index is 12.2. The number of nitrogens with zero attached hydrogens (tertiary/aromatic N) is 2. The van der Waals surface area contributed by atoms with Gasteiger partial charge in [0.05, 0.1) is 6.04 Å². The minimum atomic E-state index is -0.251. The van der Waals surface area contributed by atoms with Gasteiger partial charge in [-0.1, -0.05) is 51.0 Å². The molecule has 2 amide bonds. The Balaban J connectivity index is 1.54. The zero-order valence-corrected chi connectivity index (χ0v) is 16.4. The van der Waals surface area contributed by atoms with Gasteiger partial charge in [0.1, 0.15) is 5.01 Å². The first-order chi connectivity index (χ1) is 12.3. The number of anilines is 1. The van der Waals surface area contributed by atoms with E-state index in [0.717, 1.165) is 24.4 Å². The molecule has 8 heteroatoms. The molecule has 1 aliphatic carbocycles. The normalized spacial score (nSPS) is 21.3. The number of hydrogen-bond donors (Lipinski definition) is 3. The lowest BCUT2D eigenvalue weighted by Gasteiger charge is -2.28. The van der Waals surface area contributed by atoms with Gasteiger partial charge in [-0.25, -0.2) is 0 Å². The molecule has 3 N–H and O–H groups in total. The van der Waals surface area contributed by atoms with Crippen molar-refractivity contribution < 1.29 is 9.59 Å². The summed E-state index contributed by atoms with van der Waals surface area (Å²) >= 11 is 1.38. The summed E-state index contributed by atoms with van der Waals surface area (Å²) < 4.78 is 0.